The molecule has 1 atom stereocenters. The number of rotatable bonds is 5. The number of amides is 1. The minimum absolute atomic E-state index is 0.0377. The lowest BCUT2D eigenvalue weighted by molar-refractivity contribution is -0.138. The van der Waals surface area contributed by atoms with Crippen molar-refractivity contribution < 1.29 is 35.7 Å². The van der Waals surface area contributed by atoms with Crippen molar-refractivity contribution in [3.05, 3.63) is 34.4 Å². The number of ether oxygens (including phenoxy) is 1. The summed E-state index contributed by atoms with van der Waals surface area (Å²) in [5.41, 5.74) is -0.460. The van der Waals surface area contributed by atoms with Gasteiger partial charge in [0.05, 0.1) is 24.0 Å². The Morgan fingerprint density at radius 3 is 2.74 bits per heavy atom. The van der Waals surface area contributed by atoms with Gasteiger partial charge in [-0.25, -0.2) is 0 Å². The second-order valence-corrected chi connectivity index (χ2v) is 8.22. The Hall–Kier alpha value is -1.69. The van der Waals surface area contributed by atoms with Crippen LogP contribution in [0.5, 0.6) is 0 Å². The smallest absolute Gasteiger partial charge is 0.376 e. The van der Waals surface area contributed by atoms with E-state index in [2.05, 4.69) is 5.32 Å². The Labute approximate surface area is 154 Å². The summed E-state index contributed by atoms with van der Waals surface area (Å²) in [5.74, 6) is -0.965. The number of nitrogens with zero attached hydrogens (tertiary/aromatic N) is 1. The predicted octanol–water partition coefficient (Wildman–Crippen LogP) is 1.43. The molecule has 1 aromatic rings. The van der Waals surface area contributed by atoms with E-state index in [9.17, 15) is 26.4 Å². The van der Waals surface area contributed by atoms with Gasteiger partial charge in [0.25, 0.3) is 16.0 Å². The molecule has 0 saturated carbocycles. The van der Waals surface area contributed by atoms with Crippen LogP contribution in [-0.2, 0) is 34.1 Å². The third-order valence-electron chi connectivity index (χ3n) is 4.61. The fourth-order valence-electron chi connectivity index (χ4n) is 3.37. The van der Waals surface area contributed by atoms with Crippen LogP contribution in [0.1, 0.15) is 33.5 Å². The zero-order valence-corrected chi connectivity index (χ0v) is 15.1. The number of nitrogens with one attached hydrogen (secondary N) is 1. The predicted molar refractivity (Wildman–Crippen MR) is 88.7 cm³/mol. The van der Waals surface area contributed by atoms with Crippen LogP contribution >= 0.6 is 0 Å². The number of hydrogen-bond donors (Lipinski definition) is 2. The molecule has 0 unspecified atom stereocenters. The molecule has 7 nitrogen and oxygen atoms in total. The minimum atomic E-state index is -4.56. The highest BCUT2D eigenvalue weighted by molar-refractivity contribution is 7.85. The fourth-order valence-corrected chi connectivity index (χ4v) is 3.93. The summed E-state index contributed by atoms with van der Waals surface area (Å²) < 4.78 is 76.0. The van der Waals surface area contributed by atoms with Crippen LogP contribution in [0.25, 0.3) is 0 Å². The molecule has 0 aliphatic carbocycles. The first-order valence-electron chi connectivity index (χ1n) is 8.33. The van der Waals surface area contributed by atoms with Gasteiger partial charge in [0.1, 0.15) is 0 Å². The third kappa shape index (κ3) is 4.98. The van der Waals surface area contributed by atoms with Gasteiger partial charge in [-0.05, 0) is 29.7 Å². The molecule has 150 valence electrons. The lowest BCUT2D eigenvalue weighted by atomic mass is 9.98. The quantitative estimate of drug-likeness (QED) is 0.716. The Bertz CT molecular complexity index is 841. The van der Waals surface area contributed by atoms with E-state index in [4.69, 9.17) is 9.29 Å². The molecule has 0 bridgehead atoms. The van der Waals surface area contributed by atoms with Crippen molar-refractivity contribution >= 4 is 16.0 Å². The molecule has 3 rings (SSSR count). The van der Waals surface area contributed by atoms with Crippen LogP contribution in [0.2, 0.25) is 0 Å². The monoisotopic (exact) mass is 408 g/mol. The number of alkyl halides is 3. The highest BCUT2D eigenvalue weighted by Gasteiger charge is 2.38. The Morgan fingerprint density at radius 1 is 1.33 bits per heavy atom. The number of morpholine rings is 1. The molecule has 1 saturated heterocycles. The van der Waals surface area contributed by atoms with Crippen LogP contribution < -0.4 is 5.32 Å². The minimum Gasteiger partial charge on any atom is -0.376 e. The average Bonchev–Trinajstić information content (AvgIpc) is 2.92. The Morgan fingerprint density at radius 2 is 2.07 bits per heavy atom. The molecule has 0 aromatic heterocycles. The molecule has 2 heterocycles. The summed E-state index contributed by atoms with van der Waals surface area (Å²) in [6, 6.07) is 2.53. The summed E-state index contributed by atoms with van der Waals surface area (Å²) >= 11 is 0. The van der Waals surface area contributed by atoms with Crippen LogP contribution in [0.15, 0.2) is 12.1 Å². The van der Waals surface area contributed by atoms with Crippen LogP contribution in [-0.4, -0.2) is 55.3 Å². The average molecular weight is 408 g/mol. The van der Waals surface area contributed by atoms with Crippen LogP contribution in [0.4, 0.5) is 13.2 Å². The summed E-state index contributed by atoms with van der Waals surface area (Å²) in [7, 11) is -4.10. The third-order valence-corrected chi connectivity index (χ3v) is 5.36. The Kier molecular flexibility index (Phi) is 5.48. The Balaban J connectivity index is 1.75. The zero-order chi connectivity index (χ0) is 19.8. The van der Waals surface area contributed by atoms with Crippen LogP contribution in [0, 0.1) is 0 Å². The van der Waals surface area contributed by atoms with Crippen molar-refractivity contribution in [2.45, 2.75) is 31.8 Å². The molecule has 1 fully saturated rings. The van der Waals surface area contributed by atoms with E-state index in [0.717, 1.165) is 6.07 Å². The van der Waals surface area contributed by atoms with Crippen molar-refractivity contribution in [1.29, 1.82) is 0 Å². The lowest BCUT2D eigenvalue weighted by Gasteiger charge is -2.33. The van der Waals surface area contributed by atoms with E-state index in [1.54, 1.807) is 0 Å². The molecular weight excluding hydrogens is 389 g/mol. The number of benzene rings is 1. The van der Waals surface area contributed by atoms with Gasteiger partial charge in [0, 0.05) is 31.7 Å². The largest absolute Gasteiger partial charge is 0.416 e. The number of halogens is 3. The fraction of sp³-hybridized carbons (Fsp3) is 0.562. The molecule has 2 aliphatic rings. The van der Waals surface area contributed by atoms with Gasteiger partial charge in [0.15, 0.2) is 0 Å². The second kappa shape index (κ2) is 7.38. The first kappa shape index (κ1) is 20.1. The summed E-state index contributed by atoms with van der Waals surface area (Å²) in [6.45, 7) is 1.12. The topological polar surface area (TPSA) is 95.9 Å². The maximum Gasteiger partial charge on any atom is 0.416 e. The van der Waals surface area contributed by atoms with E-state index < -0.39 is 39.6 Å². The van der Waals surface area contributed by atoms with Gasteiger partial charge in [-0.2, -0.15) is 21.6 Å². The zero-order valence-electron chi connectivity index (χ0n) is 14.3. The normalized spacial score (nSPS) is 21.2. The molecular formula is C16H19F3N2O5S. The van der Waals surface area contributed by atoms with Gasteiger partial charge in [-0.15, -0.1) is 0 Å². The van der Waals surface area contributed by atoms with Crippen molar-refractivity contribution in [3.63, 3.8) is 0 Å². The maximum atomic E-state index is 13.3. The summed E-state index contributed by atoms with van der Waals surface area (Å²) in [5, 5.41) is 2.41. The van der Waals surface area contributed by atoms with Gasteiger partial charge >= 0.3 is 6.18 Å². The van der Waals surface area contributed by atoms with E-state index in [0.29, 0.717) is 25.3 Å². The molecule has 2 aliphatic heterocycles. The first-order chi connectivity index (χ1) is 12.5. The molecule has 1 amide bonds. The van der Waals surface area contributed by atoms with E-state index in [1.165, 1.54) is 6.07 Å². The van der Waals surface area contributed by atoms with Crippen LogP contribution in [0.3, 0.4) is 0 Å². The second-order valence-electron chi connectivity index (χ2n) is 6.65. The molecule has 2 N–H and O–H groups in total. The van der Waals surface area contributed by atoms with Crippen molar-refractivity contribution in [2.24, 2.45) is 0 Å². The van der Waals surface area contributed by atoms with Crippen molar-refractivity contribution in [2.75, 3.05) is 25.4 Å². The van der Waals surface area contributed by atoms with E-state index in [-0.39, 0.29) is 30.6 Å². The molecule has 0 radical (unpaired) electrons. The van der Waals surface area contributed by atoms with Crippen molar-refractivity contribution in [1.82, 2.24) is 10.2 Å². The number of fused-ring (bicyclic) bond motifs is 1. The summed E-state index contributed by atoms with van der Waals surface area (Å²) in [6.07, 6.45) is -4.91. The molecule has 0 spiro atoms. The van der Waals surface area contributed by atoms with Gasteiger partial charge in [-0.3, -0.25) is 14.2 Å². The van der Waals surface area contributed by atoms with Crippen molar-refractivity contribution in [3.8, 4) is 0 Å². The van der Waals surface area contributed by atoms with E-state index in [1.807, 2.05) is 4.90 Å². The SMILES string of the molecule is O=C1NCc2c1cc(CN1CCO[C@@H](CCS(=O)(=O)O)C1)cc2C(F)(F)F. The number of carbonyl (C=O) groups excluding carboxylic acids is 1. The highest BCUT2D eigenvalue weighted by atomic mass is 32.2. The maximum absolute atomic E-state index is 13.3. The molecule has 11 heteroatoms. The molecule has 27 heavy (non-hydrogen) atoms. The van der Waals surface area contributed by atoms with Gasteiger partial charge < -0.3 is 10.1 Å². The molecule has 1 aromatic carbocycles. The number of hydrogen-bond acceptors (Lipinski definition) is 5. The van der Waals surface area contributed by atoms with Gasteiger partial charge in [-0.1, -0.05) is 0 Å². The standard InChI is InChI=1S/C16H19F3N2O5S/c17-16(18,19)14-6-10(5-12-13(14)7-20-15(12)22)8-21-2-3-26-11(9-21)1-4-27(23,24)25/h5-6,11H,1-4,7-9H2,(H,20,22)(H,23,24,25)/t11-/m0/s1. The number of carbonyl (C=O) groups is 1. The lowest BCUT2D eigenvalue weighted by Crippen LogP contribution is -2.42. The van der Waals surface area contributed by atoms with E-state index >= 15 is 0 Å². The highest BCUT2D eigenvalue weighted by Crippen LogP contribution is 2.36. The first-order valence-corrected chi connectivity index (χ1v) is 9.94. The summed E-state index contributed by atoms with van der Waals surface area (Å²) in [4.78, 5) is 13.7. The van der Waals surface area contributed by atoms with Gasteiger partial charge in [0.2, 0.25) is 0 Å².